The Morgan fingerprint density at radius 3 is 1.88 bits per heavy atom. The van der Waals surface area contributed by atoms with Crippen molar-refractivity contribution in [3.8, 4) is 0 Å². The van der Waals surface area contributed by atoms with Gasteiger partial charge >= 0.3 is 0 Å². The first-order valence-corrected chi connectivity index (χ1v) is 8.10. The van der Waals surface area contributed by atoms with Gasteiger partial charge in [0.05, 0.1) is 23.9 Å². The first-order chi connectivity index (χ1) is 7.57. The summed E-state index contributed by atoms with van der Waals surface area (Å²) in [4.78, 5) is 0. The van der Waals surface area contributed by atoms with Crippen molar-refractivity contribution in [1.29, 1.82) is 0 Å². The monoisotopic (exact) mass is 282 g/mol. The van der Waals surface area contributed by atoms with Crippen LogP contribution in [0.15, 0.2) is 18.2 Å². The minimum atomic E-state index is -3.62. The van der Waals surface area contributed by atoms with Crippen molar-refractivity contribution in [3.05, 3.63) is 24.0 Å². The topological polar surface area (TPSA) is 92.3 Å². The summed E-state index contributed by atoms with van der Waals surface area (Å²) < 4.78 is 61.1. The van der Waals surface area contributed by atoms with Crippen LogP contribution in [0.1, 0.15) is 0 Å². The van der Waals surface area contributed by atoms with Crippen LogP contribution in [0.25, 0.3) is 0 Å². The molecule has 0 aliphatic carbocycles. The molecular weight excluding hydrogens is 271 g/mol. The third-order valence-corrected chi connectivity index (χ3v) is 2.75. The van der Waals surface area contributed by atoms with E-state index in [1.807, 2.05) is 4.72 Å². The molecule has 0 atom stereocenters. The fourth-order valence-electron chi connectivity index (χ4n) is 1.09. The number of benzene rings is 1. The predicted molar refractivity (Wildman–Crippen MR) is 63.3 cm³/mol. The van der Waals surface area contributed by atoms with Gasteiger partial charge in [-0.2, -0.15) is 0 Å². The molecule has 6 nitrogen and oxygen atoms in total. The molecule has 0 aromatic heterocycles. The molecule has 0 fully saturated rings. The molecule has 1 aromatic rings. The van der Waals surface area contributed by atoms with Crippen molar-refractivity contribution in [2.24, 2.45) is 0 Å². The summed E-state index contributed by atoms with van der Waals surface area (Å²) >= 11 is 0. The van der Waals surface area contributed by atoms with Gasteiger partial charge in [-0.15, -0.1) is 0 Å². The highest BCUT2D eigenvalue weighted by Gasteiger charge is 2.11. The lowest BCUT2D eigenvalue weighted by Crippen LogP contribution is -2.15. The highest BCUT2D eigenvalue weighted by atomic mass is 32.2. The number of anilines is 2. The summed E-state index contributed by atoms with van der Waals surface area (Å²) in [5.41, 5.74) is -0.211. The standard InChI is InChI=1S/C8H11FN2O4S2/c1-16(12,13)10-7-4-3-6(9)5-8(7)11-17(2,14)15/h3-5,10-11H,1-2H3. The second kappa shape index (κ2) is 4.49. The molecule has 0 saturated heterocycles. The Morgan fingerprint density at radius 1 is 0.941 bits per heavy atom. The summed E-state index contributed by atoms with van der Waals surface area (Å²) in [5.74, 6) is -0.685. The number of hydrogen-bond donors (Lipinski definition) is 2. The highest BCUT2D eigenvalue weighted by molar-refractivity contribution is 7.92. The molecule has 0 amide bonds. The molecule has 0 unspecified atom stereocenters. The molecule has 1 aromatic carbocycles. The van der Waals surface area contributed by atoms with E-state index in [1.54, 1.807) is 0 Å². The van der Waals surface area contributed by atoms with Gasteiger partial charge in [-0.05, 0) is 12.1 Å². The minimum absolute atomic E-state index is 0.0423. The lowest BCUT2D eigenvalue weighted by Gasteiger charge is -2.11. The van der Waals surface area contributed by atoms with E-state index in [-0.39, 0.29) is 11.4 Å². The van der Waals surface area contributed by atoms with Crippen LogP contribution >= 0.6 is 0 Å². The van der Waals surface area contributed by atoms with Gasteiger partial charge in [0, 0.05) is 6.07 Å². The highest BCUT2D eigenvalue weighted by Crippen LogP contribution is 2.24. The van der Waals surface area contributed by atoms with Gasteiger partial charge in [0.25, 0.3) is 0 Å². The van der Waals surface area contributed by atoms with E-state index in [0.29, 0.717) is 0 Å². The van der Waals surface area contributed by atoms with E-state index < -0.39 is 25.9 Å². The molecule has 0 aliphatic heterocycles. The van der Waals surface area contributed by atoms with Crippen LogP contribution in [0, 0.1) is 5.82 Å². The van der Waals surface area contributed by atoms with Crippen molar-refractivity contribution in [2.45, 2.75) is 0 Å². The van der Waals surface area contributed by atoms with Crippen LogP contribution < -0.4 is 9.44 Å². The first kappa shape index (κ1) is 13.7. The SMILES string of the molecule is CS(=O)(=O)Nc1ccc(F)cc1NS(C)(=O)=O. The molecule has 0 bridgehead atoms. The summed E-state index contributed by atoms with van der Waals surface area (Å²) in [7, 11) is -7.20. The number of hydrogen-bond acceptors (Lipinski definition) is 4. The Hall–Kier alpha value is -1.35. The van der Waals surface area contributed by atoms with E-state index in [2.05, 4.69) is 4.72 Å². The largest absolute Gasteiger partial charge is 0.282 e. The zero-order valence-corrected chi connectivity index (χ0v) is 10.7. The van der Waals surface area contributed by atoms with Crippen LogP contribution in [0.3, 0.4) is 0 Å². The fourth-order valence-corrected chi connectivity index (χ4v) is 2.24. The van der Waals surface area contributed by atoms with Gasteiger partial charge in [-0.3, -0.25) is 9.44 Å². The summed E-state index contributed by atoms with van der Waals surface area (Å²) in [6.07, 6.45) is 1.78. The van der Waals surface area contributed by atoms with Gasteiger partial charge < -0.3 is 0 Å². The van der Waals surface area contributed by atoms with Gasteiger partial charge in [0.15, 0.2) is 0 Å². The van der Waals surface area contributed by atoms with E-state index in [1.165, 1.54) is 0 Å². The van der Waals surface area contributed by atoms with Crippen molar-refractivity contribution in [1.82, 2.24) is 0 Å². The van der Waals surface area contributed by atoms with Crippen molar-refractivity contribution < 1.29 is 21.2 Å². The molecule has 96 valence electrons. The van der Waals surface area contributed by atoms with Crippen molar-refractivity contribution in [3.63, 3.8) is 0 Å². The maximum absolute atomic E-state index is 12.9. The molecule has 2 N–H and O–H groups in total. The molecule has 0 spiro atoms. The van der Waals surface area contributed by atoms with Gasteiger partial charge in [-0.25, -0.2) is 21.2 Å². The average molecular weight is 282 g/mol. The number of rotatable bonds is 4. The fraction of sp³-hybridized carbons (Fsp3) is 0.250. The Kier molecular flexibility index (Phi) is 3.62. The molecule has 0 heterocycles. The number of halogens is 1. The normalized spacial score (nSPS) is 12.2. The van der Waals surface area contributed by atoms with Crippen LogP contribution in [-0.4, -0.2) is 29.3 Å². The number of sulfonamides is 2. The maximum atomic E-state index is 12.9. The molecular formula is C8H11FN2O4S2. The van der Waals surface area contributed by atoms with Crippen LogP contribution in [-0.2, 0) is 20.0 Å². The van der Waals surface area contributed by atoms with Gasteiger partial charge in [0.1, 0.15) is 5.82 Å². The molecule has 0 saturated carbocycles. The molecule has 1 rings (SSSR count). The van der Waals surface area contributed by atoms with Crippen molar-refractivity contribution >= 4 is 31.4 Å². The second-order valence-electron chi connectivity index (χ2n) is 3.44. The summed E-state index contributed by atoms with van der Waals surface area (Å²) in [6, 6.07) is 3.03. The third-order valence-electron chi connectivity index (χ3n) is 1.57. The Bertz CT molecular complexity index is 625. The smallest absolute Gasteiger partial charge is 0.229 e. The first-order valence-electron chi connectivity index (χ1n) is 4.32. The molecule has 17 heavy (non-hydrogen) atoms. The maximum Gasteiger partial charge on any atom is 0.229 e. The van der Waals surface area contributed by atoms with E-state index >= 15 is 0 Å². The van der Waals surface area contributed by atoms with Gasteiger partial charge in [-0.1, -0.05) is 0 Å². The Morgan fingerprint density at radius 2 is 1.41 bits per heavy atom. The van der Waals surface area contributed by atoms with Crippen LogP contribution in [0.2, 0.25) is 0 Å². The summed E-state index contributed by atoms with van der Waals surface area (Å²) in [6.45, 7) is 0. The van der Waals surface area contributed by atoms with Crippen LogP contribution in [0.5, 0.6) is 0 Å². The second-order valence-corrected chi connectivity index (χ2v) is 6.94. The predicted octanol–water partition coefficient (Wildman–Crippen LogP) is 0.569. The van der Waals surface area contributed by atoms with E-state index in [0.717, 1.165) is 30.7 Å². The number of nitrogens with one attached hydrogen (secondary N) is 2. The Balaban J connectivity index is 3.22. The van der Waals surface area contributed by atoms with Crippen LogP contribution in [0.4, 0.5) is 15.8 Å². The van der Waals surface area contributed by atoms with Crippen molar-refractivity contribution in [2.75, 3.05) is 22.0 Å². The summed E-state index contributed by atoms with van der Waals surface area (Å²) in [5, 5.41) is 0. The molecule has 0 radical (unpaired) electrons. The zero-order chi connectivity index (χ0) is 13.3. The quantitative estimate of drug-likeness (QED) is 0.844. The lowest BCUT2D eigenvalue weighted by atomic mass is 10.3. The molecule has 0 aliphatic rings. The zero-order valence-electron chi connectivity index (χ0n) is 9.06. The van der Waals surface area contributed by atoms with E-state index in [9.17, 15) is 21.2 Å². The lowest BCUT2D eigenvalue weighted by molar-refractivity contribution is 0.604. The third kappa shape index (κ3) is 5.00. The molecule has 9 heteroatoms. The van der Waals surface area contributed by atoms with E-state index in [4.69, 9.17) is 0 Å². The average Bonchev–Trinajstić information content (AvgIpc) is 2.05. The van der Waals surface area contributed by atoms with Gasteiger partial charge in [0.2, 0.25) is 20.0 Å². The Labute approximate surface area is 98.9 Å². The minimum Gasteiger partial charge on any atom is -0.282 e.